The molecule has 2 amide bonds. The van der Waals surface area contributed by atoms with Gasteiger partial charge in [0.25, 0.3) is 0 Å². The SMILES string of the molecule is CC(=O)NCCC1CC1C(=O)Nc1cc2cc(-c3cnc4c(c3C)NCCO4)c(F)c(N)c2cn1. The van der Waals surface area contributed by atoms with Gasteiger partial charge in [0, 0.05) is 54.8 Å². The van der Waals surface area contributed by atoms with Crippen molar-refractivity contribution in [1.82, 2.24) is 15.3 Å². The number of carbonyl (C=O) groups is 2. The third-order valence-corrected chi connectivity index (χ3v) is 6.64. The lowest BCUT2D eigenvalue weighted by Crippen LogP contribution is -2.22. The van der Waals surface area contributed by atoms with E-state index in [2.05, 4.69) is 25.9 Å². The van der Waals surface area contributed by atoms with Gasteiger partial charge in [-0.3, -0.25) is 9.59 Å². The molecule has 9 nitrogen and oxygen atoms in total. The van der Waals surface area contributed by atoms with Gasteiger partial charge in [0.2, 0.25) is 17.7 Å². The Balaban J connectivity index is 1.40. The molecule has 2 aliphatic rings. The van der Waals surface area contributed by atoms with E-state index in [1.807, 2.05) is 6.92 Å². The van der Waals surface area contributed by atoms with Crippen LogP contribution in [-0.4, -0.2) is 41.5 Å². The van der Waals surface area contributed by atoms with Gasteiger partial charge < -0.3 is 26.4 Å². The van der Waals surface area contributed by atoms with Gasteiger partial charge in [-0.05, 0) is 48.8 Å². The lowest BCUT2D eigenvalue weighted by molar-refractivity contribution is -0.119. The summed E-state index contributed by atoms with van der Waals surface area (Å²) in [6.45, 7) is 5.08. The summed E-state index contributed by atoms with van der Waals surface area (Å²) in [6, 6.07) is 3.40. The smallest absolute Gasteiger partial charge is 0.237 e. The lowest BCUT2D eigenvalue weighted by Gasteiger charge is -2.22. The number of nitrogens with two attached hydrogens (primary N) is 1. The normalized spacial score (nSPS) is 18.3. The maximum atomic E-state index is 15.3. The molecule has 35 heavy (non-hydrogen) atoms. The Labute approximate surface area is 201 Å². The van der Waals surface area contributed by atoms with Crippen molar-refractivity contribution in [1.29, 1.82) is 0 Å². The number of hydrogen-bond acceptors (Lipinski definition) is 7. The first-order chi connectivity index (χ1) is 16.8. The van der Waals surface area contributed by atoms with Crippen molar-refractivity contribution in [2.75, 3.05) is 36.1 Å². The van der Waals surface area contributed by atoms with E-state index in [4.69, 9.17) is 10.5 Å². The van der Waals surface area contributed by atoms with E-state index in [0.29, 0.717) is 53.3 Å². The summed E-state index contributed by atoms with van der Waals surface area (Å²) in [6.07, 6.45) is 4.60. The zero-order chi connectivity index (χ0) is 24.7. The summed E-state index contributed by atoms with van der Waals surface area (Å²) in [5, 5.41) is 10.00. The third-order valence-electron chi connectivity index (χ3n) is 6.64. The molecule has 1 aromatic carbocycles. The molecule has 1 fully saturated rings. The van der Waals surface area contributed by atoms with Crippen molar-refractivity contribution in [3.63, 3.8) is 0 Å². The van der Waals surface area contributed by atoms with Crippen molar-refractivity contribution >= 4 is 39.8 Å². The molecule has 1 aliphatic carbocycles. The molecular weight excluding hydrogens is 451 g/mol. The zero-order valence-electron chi connectivity index (χ0n) is 19.6. The number of amides is 2. The van der Waals surface area contributed by atoms with E-state index in [1.165, 1.54) is 13.1 Å². The molecule has 3 heterocycles. The number of benzene rings is 1. The van der Waals surface area contributed by atoms with Gasteiger partial charge in [0.1, 0.15) is 18.1 Å². The monoisotopic (exact) mass is 478 g/mol. The number of ether oxygens (including phenoxy) is 1. The fourth-order valence-corrected chi connectivity index (χ4v) is 4.59. The number of carbonyl (C=O) groups excluding carboxylic acids is 2. The van der Waals surface area contributed by atoms with Crippen LogP contribution in [0.4, 0.5) is 21.6 Å². The van der Waals surface area contributed by atoms with Gasteiger partial charge >= 0.3 is 0 Å². The lowest BCUT2D eigenvalue weighted by atomic mass is 9.97. The van der Waals surface area contributed by atoms with Crippen LogP contribution in [0.2, 0.25) is 0 Å². The van der Waals surface area contributed by atoms with Crippen molar-refractivity contribution in [2.24, 2.45) is 11.8 Å². The second kappa shape index (κ2) is 9.01. The molecular formula is C25H27FN6O3. The molecule has 2 atom stereocenters. The summed E-state index contributed by atoms with van der Waals surface area (Å²) >= 11 is 0. The minimum atomic E-state index is -0.544. The quantitative estimate of drug-likeness (QED) is 0.400. The van der Waals surface area contributed by atoms with Gasteiger partial charge in [0.05, 0.1) is 5.69 Å². The number of pyridine rings is 2. The molecule has 0 spiro atoms. The van der Waals surface area contributed by atoms with E-state index in [1.54, 1.807) is 18.3 Å². The average Bonchev–Trinajstić information content (AvgIpc) is 3.61. The molecule has 5 N–H and O–H groups in total. The molecule has 10 heteroatoms. The van der Waals surface area contributed by atoms with Crippen molar-refractivity contribution in [3.8, 4) is 17.0 Å². The topological polar surface area (TPSA) is 131 Å². The standard InChI is InChI=1S/C25H27FN6O3/c1-12-18(10-31-25-23(12)29-5-6-35-25)17-8-15-9-20(30-11-19(15)22(27)21(17)26)32-24(34)16-7-14(16)3-4-28-13(2)33/h8-11,14,16,29H,3-7,27H2,1-2H3,(H,28,33)(H,30,32,34). The predicted molar refractivity (Wildman–Crippen MR) is 132 cm³/mol. The summed E-state index contributed by atoms with van der Waals surface area (Å²) < 4.78 is 20.9. The second-order valence-corrected chi connectivity index (χ2v) is 9.06. The molecule has 0 bridgehead atoms. The molecule has 0 radical (unpaired) electrons. The molecule has 3 aromatic rings. The van der Waals surface area contributed by atoms with E-state index in [-0.39, 0.29) is 29.3 Å². The van der Waals surface area contributed by atoms with Crippen molar-refractivity contribution in [2.45, 2.75) is 26.7 Å². The number of anilines is 3. The Hall–Kier alpha value is -3.95. The maximum absolute atomic E-state index is 15.3. The molecule has 2 aromatic heterocycles. The highest BCUT2D eigenvalue weighted by atomic mass is 19.1. The average molecular weight is 479 g/mol. The number of nitrogens with zero attached hydrogens (tertiary/aromatic N) is 2. The summed E-state index contributed by atoms with van der Waals surface area (Å²) in [5.74, 6) is 0.287. The Morgan fingerprint density at radius 2 is 2.09 bits per heavy atom. The van der Waals surface area contributed by atoms with Crippen molar-refractivity contribution < 1.29 is 18.7 Å². The molecule has 5 rings (SSSR count). The van der Waals surface area contributed by atoms with Crippen LogP contribution in [0, 0.1) is 24.6 Å². The summed E-state index contributed by atoms with van der Waals surface area (Å²) in [7, 11) is 0. The molecule has 2 unspecified atom stereocenters. The largest absolute Gasteiger partial charge is 0.474 e. The summed E-state index contributed by atoms with van der Waals surface area (Å²) in [5.41, 5.74) is 8.62. The first-order valence-corrected chi connectivity index (χ1v) is 11.6. The molecule has 1 saturated carbocycles. The van der Waals surface area contributed by atoms with Crippen LogP contribution in [0.25, 0.3) is 21.9 Å². The molecule has 182 valence electrons. The maximum Gasteiger partial charge on any atom is 0.237 e. The Bertz CT molecular complexity index is 1340. The number of fused-ring (bicyclic) bond motifs is 2. The van der Waals surface area contributed by atoms with E-state index in [9.17, 15) is 9.59 Å². The van der Waals surface area contributed by atoms with Gasteiger partial charge in [-0.1, -0.05) is 0 Å². The fraction of sp³-hybridized carbons (Fsp3) is 0.360. The molecule has 0 saturated heterocycles. The first-order valence-electron chi connectivity index (χ1n) is 11.6. The van der Waals surface area contributed by atoms with Crippen LogP contribution in [0.5, 0.6) is 5.88 Å². The Morgan fingerprint density at radius 3 is 2.89 bits per heavy atom. The third kappa shape index (κ3) is 4.43. The van der Waals surface area contributed by atoms with Crippen LogP contribution >= 0.6 is 0 Å². The Morgan fingerprint density at radius 1 is 1.26 bits per heavy atom. The summed E-state index contributed by atoms with van der Waals surface area (Å²) in [4.78, 5) is 32.3. The van der Waals surface area contributed by atoms with Crippen LogP contribution in [0.1, 0.15) is 25.3 Å². The minimum absolute atomic E-state index is 0.00978. The number of rotatable bonds is 6. The predicted octanol–water partition coefficient (Wildman–Crippen LogP) is 3.23. The van der Waals surface area contributed by atoms with Crippen LogP contribution in [-0.2, 0) is 9.59 Å². The highest BCUT2D eigenvalue weighted by molar-refractivity contribution is 6.00. The zero-order valence-corrected chi connectivity index (χ0v) is 19.6. The van der Waals surface area contributed by atoms with Crippen LogP contribution in [0.15, 0.2) is 24.5 Å². The molecule has 1 aliphatic heterocycles. The van der Waals surface area contributed by atoms with Crippen LogP contribution < -0.4 is 26.4 Å². The van der Waals surface area contributed by atoms with E-state index >= 15 is 4.39 Å². The highest BCUT2D eigenvalue weighted by Crippen LogP contribution is 2.42. The second-order valence-electron chi connectivity index (χ2n) is 9.06. The number of hydrogen-bond donors (Lipinski definition) is 4. The Kier molecular flexibility index (Phi) is 5.88. The van der Waals surface area contributed by atoms with Crippen molar-refractivity contribution in [3.05, 3.63) is 35.9 Å². The minimum Gasteiger partial charge on any atom is -0.474 e. The number of nitrogens with one attached hydrogen (secondary N) is 3. The van der Waals surface area contributed by atoms with Crippen LogP contribution in [0.3, 0.4) is 0 Å². The first kappa shape index (κ1) is 22.8. The van der Waals surface area contributed by atoms with Gasteiger partial charge in [-0.15, -0.1) is 0 Å². The fourth-order valence-electron chi connectivity index (χ4n) is 4.59. The number of aromatic nitrogens is 2. The van der Waals surface area contributed by atoms with E-state index < -0.39 is 5.82 Å². The van der Waals surface area contributed by atoms with E-state index in [0.717, 1.165) is 24.1 Å². The van der Waals surface area contributed by atoms with Gasteiger partial charge in [-0.2, -0.15) is 0 Å². The van der Waals surface area contributed by atoms with Gasteiger partial charge in [-0.25, -0.2) is 14.4 Å². The van der Waals surface area contributed by atoms with Gasteiger partial charge in [0.15, 0.2) is 5.82 Å². The number of nitrogen functional groups attached to an aromatic ring is 1. The highest BCUT2D eigenvalue weighted by Gasteiger charge is 2.42. The number of halogens is 1.